The highest BCUT2D eigenvalue weighted by Crippen LogP contribution is 2.28. The van der Waals surface area contributed by atoms with Gasteiger partial charge in [0.05, 0.1) is 11.4 Å². The molecule has 0 unspecified atom stereocenters. The number of pyridine rings is 1. The summed E-state index contributed by atoms with van der Waals surface area (Å²) in [6.45, 7) is 0. The zero-order valence-corrected chi connectivity index (χ0v) is 14.2. The number of hydrogen-bond donors (Lipinski definition) is 0. The molecule has 2 heterocycles. The molecule has 116 valence electrons. The van der Waals surface area contributed by atoms with Crippen LogP contribution in [0.25, 0.3) is 11.4 Å². The van der Waals surface area contributed by atoms with Crippen molar-refractivity contribution in [3.63, 3.8) is 0 Å². The fourth-order valence-electron chi connectivity index (χ4n) is 2.04. The van der Waals surface area contributed by atoms with Gasteiger partial charge in [0.1, 0.15) is 5.03 Å². The van der Waals surface area contributed by atoms with Crippen LogP contribution in [0.3, 0.4) is 0 Å². The lowest BCUT2D eigenvalue weighted by atomic mass is 10.2. The largest absolute Gasteiger partial charge is 0.264 e. The van der Waals surface area contributed by atoms with Gasteiger partial charge in [-0.15, -0.1) is 0 Å². The van der Waals surface area contributed by atoms with Crippen LogP contribution in [-0.4, -0.2) is 25.4 Å². The summed E-state index contributed by atoms with van der Waals surface area (Å²) in [6.07, 6.45) is 5.13. The van der Waals surface area contributed by atoms with Crippen LogP contribution < -0.4 is 0 Å². The molecule has 0 aliphatic rings. The Labute approximate surface area is 141 Å². The van der Waals surface area contributed by atoms with E-state index >= 15 is 0 Å². The maximum atomic E-state index is 11.6. The monoisotopic (exact) mass is 341 g/mol. The van der Waals surface area contributed by atoms with Crippen molar-refractivity contribution in [3.8, 4) is 11.4 Å². The molecule has 0 saturated heterocycles. The number of nitrogens with zero attached hydrogens (tertiary/aromatic N) is 3. The van der Waals surface area contributed by atoms with Gasteiger partial charge in [0, 0.05) is 39.9 Å². The van der Waals surface area contributed by atoms with Crippen molar-refractivity contribution >= 4 is 22.6 Å². The van der Waals surface area contributed by atoms with Gasteiger partial charge in [0.25, 0.3) is 0 Å². The molecule has 0 fully saturated rings. The Morgan fingerprint density at radius 1 is 1.09 bits per heavy atom. The third-order valence-electron chi connectivity index (χ3n) is 2.99. The SMILES string of the molecule is C[S@](=O)Cc1cc(Sc2ccccc2)nc(-c2cccnc2)n1. The molecular formula is C17H15N3OS2. The molecule has 0 radical (unpaired) electrons. The molecule has 6 heteroatoms. The molecule has 0 bridgehead atoms. The molecule has 0 aliphatic carbocycles. The second kappa shape index (κ2) is 7.48. The number of aromatic nitrogens is 3. The Hall–Kier alpha value is -2.05. The van der Waals surface area contributed by atoms with Gasteiger partial charge in [0.15, 0.2) is 5.82 Å². The number of hydrogen-bond acceptors (Lipinski definition) is 5. The predicted molar refractivity (Wildman–Crippen MR) is 93.6 cm³/mol. The average molecular weight is 341 g/mol. The minimum Gasteiger partial charge on any atom is -0.264 e. The van der Waals surface area contributed by atoms with E-state index in [1.807, 2.05) is 48.5 Å². The molecule has 1 atom stereocenters. The molecule has 0 spiro atoms. The maximum absolute atomic E-state index is 11.6. The van der Waals surface area contributed by atoms with E-state index in [1.165, 1.54) is 0 Å². The highest BCUT2D eigenvalue weighted by atomic mass is 32.2. The van der Waals surface area contributed by atoms with Gasteiger partial charge < -0.3 is 0 Å². The maximum Gasteiger partial charge on any atom is 0.162 e. The molecule has 0 aliphatic heterocycles. The molecule has 2 aromatic heterocycles. The summed E-state index contributed by atoms with van der Waals surface area (Å²) in [5.41, 5.74) is 1.63. The lowest BCUT2D eigenvalue weighted by molar-refractivity contribution is 0.685. The Balaban J connectivity index is 1.99. The molecule has 0 N–H and O–H groups in total. The normalized spacial score (nSPS) is 12.0. The highest BCUT2D eigenvalue weighted by Gasteiger charge is 2.09. The summed E-state index contributed by atoms with van der Waals surface area (Å²) in [5, 5.41) is 0.838. The summed E-state index contributed by atoms with van der Waals surface area (Å²) in [7, 11) is -0.951. The van der Waals surface area contributed by atoms with Crippen LogP contribution in [0, 0.1) is 0 Å². The van der Waals surface area contributed by atoms with E-state index in [0.29, 0.717) is 11.6 Å². The number of rotatable bonds is 5. The van der Waals surface area contributed by atoms with Crippen LogP contribution in [0.1, 0.15) is 5.69 Å². The minimum atomic E-state index is -0.951. The van der Waals surface area contributed by atoms with Gasteiger partial charge >= 0.3 is 0 Å². The highest BCUT2D eigenvalue weighted by molar-refractivity contribution is 7.99. The smallest absolute Gasteiger partial charge is 0.162 e. The standard InChI is InChI=1S/C17H15N3OS2/c1-23(21)12-14-10-16(22-15-7-3-2-4-8-15)20-17(19-14)13-6-5-9-18-11-13/h2-11H,12H2,1H3/t23-/m0/s1. The van der Waals surface area contributed by atoms with E-state index in [0.717, 1.165) is 21.2 Å². The van der Waals surface area contributed by atoms with E-state index in [2.05, 4.69) is 15.0 Å². The topological polar surface area (TPSA) is 55.7 Å². The van der Waals surface area contributed by atoms with Crippen LogP contribution in [-0.2, 0) is 16.6 Å². The van der Waals surface area contributed by atoms with Crippen molar-refractivity contribution in [1.82, 2.24) is 15.0 Å². The van der Waals surface area contributed by atoms with Gasteiger partial charge in [-0.1, -0.05) is 30.0 Å². The van der Waals surface area contributed by atoms with Crippen molar-refractivity contribution in [2.24, 2.45) is 0 Å². The summed E-state index contributed by atoms with van der Waals surface area (Å²) in [4.78, 5) is 14.4. The zero-order chi connectivity index (χ0) is 16.1. The molecule has 0 amide bonds. The van der Waals surface area contributed by atoms with Crippen LogP contribution in [0.15, 0.2) is 70.8 Å². The quantitative estimate of drug-likeness (QED) is 0.664. The van der Waals surface area contributed by atoms with Gasteiger partial charge in [-0.3, -0.25) is 9.19 Å². The minimum absolute atomic E-state index is 0.415. The summed E-state index contributed by atoms with van der Waals surface area (Å²) < 4.78 is 11.6. The summed E-state index contributed by atoms with van der Waals surface area (Å²) in [5.74, 6) is 1.03. The Morgan fingerprint density at radius 2 is 1.91 bits per heavy atom. The van der Waals surface area contributed by atoms with Gasteiger partial charge in [-0.2, -0.15) is 0 Å². The van der Waals surface area contributed by atoms with Crippen LogP contribution in [0.5, 0.6) is 0 Å². The van der Waals surface area contributed by atoms with Gasteiger partial charge in [-0.05, 0) is 30.3 Å². The molecule has 1 aromatic carbocycles. The molecular weight excluding hydrogens is 326 g/mol. The third-order valence-corrected chi connectivity index (χ3v) is 4.62. The van der Waals surface area contributed by atoms with Crippen molar-refractivity contribution < 1.29 is 4.21 Å². The fraction of sp³-hybridized carbons (Fsp3) is 0.118. The van der Waals surface area contributed by atoms with Crippen molar-refractivity contribution in [2.75, 3.05) is 6.26 Å². The zero-order valence-electron chi connectivity index (χ0n) is 12.5. The van der Waals surface area contributed by atoms with Gasteiger partial charge in [0.2, 0.25) is 0 Å². The fourth-order valence-corrected chi connectivity index (χ4v) is 3.47. The Morgan fingerprint density at radius 3 is 2.61 bits per heavy atom. The first-order valence-corrected chi connectivity index (χ1v) is 9.56. The molecule has 0 saturated carbocycles. The van der Waals surface area contributed by atoms with Crippen LogP contribution >= 0.6 is 11.8 Å². The first kappa shape index (κ1) is 15.8. The van der Waals surface area contributed by atoms with Gasteiger partial charge in [-0.25, -0.2) is 9.97 Å². The van der Waals surface area contributed by atoms with Crippen molar-refractivity contribution in [3.05, 3.63) is 66.6 Å². The lowest BCUT2D eigenvalue weighted by Gasteiger charge is -2.07. The average Bonchev–Trinajstić information content (AvgIpc) is 2.56. The Kier molecular flexibility index (Phi) is 5.15. The van der Waals surface area contributed by atoms with E-state index < -0.39 is 10.8 Å². The molecule has 4 nitrogen and oxygen atoms in total. The summed E-state index contributed by atoms with van der Waals surface area (Å²) >= 11 is 1.57. The second-order valence-electron chi connectivity index (χ2n) is 4.90. The van der Waals surface area contributed by atoms with E-state index in [1.54, 1.807) is 30.4 Å². The number of benzene rings is 1. The van der Waals surface area contributed by atoms with E-state index in [9.17, 15) is 4.21 Å². The third kappa shape index (κ3) is 4.46. The predicted octanol–water partition coefficient (Wildman–Crippen LogP) is 3.57. The van der Waals surface area contributed by atoms with E-state index in [-0.39, 0.29) is 0 Å². The second-order valence-corrected chi connectivity index (χ2v) is 7.42. The van der Waals surface area contributed by atoms with Crippen molar-refractivity contribution in [1.29, 1.82) is 0 Å². The lowest BCUT2D eigenvalue weighted by Crippen LogP contribution is -2.01. The van der Waals surface area contributed by atoms with Crippen LogP contribution in [0.2, 0.25) is 0 Å². The Bertz CT molecular complexity index is 811. The van der Waals surface area contributed by atoms with E-state index in [4.69, 9.17) is 0 Å². The molecule has 3 aromatic rings. The first-order valence-electron chi connectivity index (χ1n) is 7.02. The molecule has 23 heavy (non-hydrogen) atoms. The van der Waals surface area contributed by atoms with Crippen LogP contribution in [0.4, 0.5) is 0 Å². The first-order chi connectivity index (χ1) is 11.2. The molecule has 3 rings (SSSR count). The van der Waals surface area contributed by atoms with Crippen molar-refractivity contribution in [2.45, 2.75) is 15.7 Å². The summed E-state index contributed by atoms with van der Waals surface area (Å²) in [6, 6.07) is 15.7.